The quantitative estimate of drug-likeness (QED) is 0.374. The maximum absolute atomic E-state index is 12.2. The van der Waals surface area contributed by atoms with E-state index in [0.717, 1.165) is 10.9 Å². The SMILES string of the molecule is CCOc1ccccc1OCC(=O)Oc1ccc2c(C)cc(=O)oc2c1C. The molecule has 1 aromatic heterocycles. The van der Waals surface area contributed by atoms with Crippen LogP contribution in [0.4, 0.5) is 0 Å². The highest BCUT2D eigenvalue weighted by atomic mass is 16.6. The molecule has 0 unspecified atom stereocenters. The Bertz CT molecular complexity index is 1030. The van der Waals surface area contributed by atoms with Crippen LogP contribution in [0.15, 0.2) is 51.7 Å². The molecule has 0 amide bonds. The third kappa shape index (κ3) is 4.11. The molecule has 0 bridgehead atoms. The maximum Gasteiger partial charge on any atom is 0.349 e. The van der Waals surface area contributed by atoms with Crippen molar-refractivity contribution in [3.8, 4) is 17.2 Å². The van der Waals surface area contributed by atoms with E-state index in [1.807, 2.05) is 19.9 Å². The third-order valence-corrected chi connectivity index (χ3v) is 4.04. The predicted octanol–water partition coefficient (Wildman–Crippen LogP) is 3.79. The van der Waals surface area contributed by atoms with Crippen LogP contribution in [0.25, 0.3) is 11.0 Å². The molecule has 0 radical (unpaired) electrons. The molecule has 0 fully saturated rings. The summed E-state index contributed by atoms with van der Waals surface area (Å²) in [6, 6.07) is 12.0. The average Bonchev–Trinajstić information content (AvgIpc) is 2.64. The number of esters is 1. The van der Waals surface area contributed by atoms with E-state index in [9.17, 15) is 9.59 Å². The fraction of sp³-hybridized carbons (Fsp3) is 0.238. The first kappa shape index (κ1) is 18.5. The summed E-state index contributed by atoms with van der Waals surface area (Å²) in [5.41, 5.74) is 1.35. The Hall–Kier alpha value is -3.28. The number of benzene rings is 2. The van der Waals surface area contributed by atoms with E-state index < -0.39 is 11.6 Å². The van der Waals surface area contributed by atoms with Crippen molar-refractivity contribution in [3.63, 3.8) is 0 Å². The number of fused-ring (bicyclic) bond motifs is 1. The van der Waals surface area contributed by atoms with Gasteiger partial charge in [0.05, 0.1) is 6.61 Å². The normalized spacial score (nSPS) is 10.6. The minimum absolute atomic E-state index is 0.278. The lowest BCUT2D eigenvalue weighted by atomic mass is 10.1. The van der Waals surface area contributed by atoms with Crippen molar-refractivity contribution >= 4 is 16.9 Å². The number of para-hydroxylation sites is 2. The lowest BCUT2D eigenvalue weighted by Gasteiger charge is -2.12. The molecule has 140 valence electrons. The molecule has 3 aromatic rings. The summed E-state index contributed by atoms with van der Waals surface area (Å²) in [6.07, 6.45) is 0. The van der Waals surface area contributed by atoms with Gasteiger partial charge in [0.25, 0.3) is 0 Å². The van der Waals surface area contributed by atoms with Crippen LogP contribution in [0.5, 0.6) is 17.2 Å². The zero-order valence-corrected chi connectivity index (χ0v) is 15.4. The van der Waals surface area contributed by atoms with Crippen LogP contribution in [0.1, 0.15) is 18.1 Å². The van der Waals surface area contributed by atoms with Gasteiger partial charge in [-0.2, -0.15) is 0 Å². The summed E-state index contributed by atoms with van der Waals surface area (Å²) >= 11 is 0. The molecule has 0 spiro atoms. The van der Waals surface area contributed by atoms with Crippen molar-refractivity contribution in [2.45, 2.75) is 20.8 Å². The van der Waals surface area contributed by atoms with Crippen LogP contribution in [0.3, 0.4) is 0 Å². The first-order valence-electron chi connectivity index (χ1n) is 8.59. The first-order chi connectivity index (χ1) is 13.0. The fourth-order valence-corrected chi connectivity index (χ4v) is 2.74. The monoisotopic (exact) mass is 368 g/mol. The van der Waals surface area contributed by atoms with Crippen LogP contribution in [-0.2, 0) is 4.79 Å². The predicted molar refractivity (Wildman–Crippen MR) is 101 cm³/mol. The Labute approximate surface area is 156 Å². The summed E-state index contributed by atoms with van der Waals surface area (Å²) in [5.74, 6) is 0.779. The lowest BCUT2D eigenvalue weighted by Crippen LogP contribution is -2.18. The van der Waals surface area contributed by atoms with Crippen LogP contribution in [0, 0.1) is 13.8 Å². The number of aryl methyl sites for hydroxylation is 2. The van der Waals surface area contributed by atoms with E-state index in [2.05, 4.69) is 0 Å². The Balaban J connectivity index is 1.75. The summed E-state index contributed by atoms with van der Waals surface area (Å²) in [7, 11) is 0. The number of carbonyl (C=O) groups is 1. The van der Waals surface area contributed by atoms with Gasteiger partial charge < -0.3 is 18.6 Å². The first-order valence-corrected chi connectivity index (χ1v) is 8.59. The Morgan fingerprint density at radius 1 is 1.00 bits per heavy atom. The van der Waals surface area contributed by atoms with E-state index in [-0.39, 0.29) is 6.61 Å². The molecule has 6 nitrogen and oxygen atoms in total. The Morgan fingerprint density at radius 2 is 1.70 bits per heavy atom. The minimum Gasteiger partial charge on any atom is -0.490 e. The zero-order chi connectivity index (χ0) is 19.4. The second-order valence-corrected chi connectivity index (χ2v) is 5.96. The number of ether oxygens (including phenoxy) is 3. The molecule has 0 aliphatic heterocycles. The van der Waals surface area contributed by atoms with Gasteiger partial charge in [-0.15, -0.1) is 0 Å². The number of hydrogen-bond donors (Lipinski definition) is 0. The highest BCUT2D eigenvalue weighted by Crippen LogP contribution is 2.29. The van der Waals surface area contributed by atoms with E-state index in [1.54, 1.807) is 37.3 Å². The molecule has 0 aliphatic carbocycles. The van der Waals surface area contributed by atoms with Crippen molar-refractivity contribution < 1.29 is 23.4 Å². The molecule has 1 heterocycles. The number of hydrogen-bond acceptors (Lipinski definition) is 6. The van der Waals surface area contributed by atoms with Gasteiger partial charge in [-0.25, -0.2) is 9.59 Å². The summed E-state index contributed by atoms with van der Waals surface area (Å²) in [5, 5.41) is 0.800. The van der Waals surface area contributed by atoms with Crippen molar-refractivity contribution in [3.05, 3.63) is 64.0 Å². The molecule has 0 atom stereocenters. The van der Waals surface area contributed by atoms with Crippen molar-refractivity contribution in [2.24, 2.45) is 0 Å². The molecule has 6 heteroatoms. The van der Waals surface area contributed by atoms with E-state index in [4.69, 9.17) is 18.6 Å². The van der Waals surface area contributed by atoms with Gasteiger partial charge in [-0.05, 0) is 50.6 Å². The van der Waals surface area contributed by atoms with Crippen molar-refractivity contribution in [1.29, 1.82) is 0 Å². The topological polar surface area (TPSA) is 75.0 Å². The van der Waals surface area contributed by atoms with Gasteiger partial charge >= 0.3 is 11.6 Å². The zero-order valence-electron chi connectivity index (χ0n) is 15.4. The molecule has 0 saturated carbocycles. The van der Waals surface area contributed by atoms with E-state index in [1.165, 1.54) is 6.07 Å². The van der Waals surface area contributed by atoms with Crippen LogP contribution >= 0.6 is 0 Å². The van der Waals surface area contributed by atoms with Gasteiger partial charge in [-0.3, -0.25) is 0 Å². The van der Waals surface area contributed by atoms with E-state index >= 15 is 0 Å². The molecule has 27 heavy (non-hydrogen) atoms. The molecule has 0 saturated heterocycles. The largest absolute Gasteiger partial charge is 0.490 e. The smallest absolute Gasteiger partial charge is 0.349 e. The highest BCUT2D eigenvalue weighted by Gasteiger charge is 2.14. The maximum atomic E-state index is 12.2. The molecule has 0 aliphatic rings. The number of carbonyl (C=O) groups excluding carboxylic acids is 1. The minimum atomic E-state index is -0.571. The van der Waals surface area contributed by atoms with Gasteiger partial charge in [-0.1, -0.05) is 12.1 Å². The second kappa shape index (κ2) is 7.95. The Morgan fingerprint density at radius 3 is 2.41 bits per heavy atom. The van der Waals surface area contributed by atoms with Gasteiger partial charge in [0.15, 0.2) is 18.1 Å². The fourth-order valence-electron chi connectivity index (χ4n) is 2.74. The Kier molecular flexibility index (Phi) is 5.45. The van der Waals surface area contributed by atoms with Crippen LogP contribution in [0.2, 0.25) is 0 Å². The van der Waals surface area contributed by atoms with E-state index in [0.29, 0.717) is 35.0 Å². The van der Waals surface area contributed by atoms with Gasteiger partial charge in [0.2, 0.25) is 0 Å². The summed E-state index contributed by atoms with van der Waals surface area (Å²) < 4.78 is 21.6. The summed E-state index contributed by atoms with van der Waals surface area (Å²) in [4.78, 5) is 23.8. The number of rotatable bonds is 6. The molecule has 0 N–H and O–H groups in total. The molecular weight excluding hydrogens is 348 g/mol. The molecular formula is C21H20O6. The lowest BCUT2D eigenvalue weighted by molar-refractivity contribution is -0.136. The van der Waals surface area contributed by atoms with Gasteiger partial charge in [0.1, 0.15) is 11.3 Å². The molecule has 3 rings (SSSR count). The standard InChI is InChI=1S/C21H20O6/c1-4-24-17-7-5-6-8-18(17)25-12-20(23)26-16-10-9-15-13(2)11-19(22)27-21(15)14(16)3/h5-11H,4,12H2,1-3H3. The average molecular weight is 368 g/mol. The van der Waals surface area contributed by atoms with Crippen molar-refractivity contribution in [1.82, 2.24) is 0 Å². The highest BCUT2D eigenvalue weighted by molar-refractivity contribution is 5.86. The van der Waals surface area contributed by atoms with Crippen LogP contribution < -0.4 is 19.8 Å². The van der Waals surface area contributed by atoms with Crippen molar-refractivity contribution in [2.75, 3.05) is 13.2 Å². The third-order valence-electron chi connectivity index (χ3n) is 4.04. The molecule has 2 aromatic carbocycles. The van der Waals surface area contributed by atoms with Gasteiger partial charge in [0, 0.05) is 17.0 Å². The summed E-state index contributed by atoms with van der Waals surface area (Å²) in [6.45, 7) is 5.64. The second-order valence-electron chi connectivity index (χ2n) is 5.96. The van der Waals surface area contributed by atoms with Crippen LogP contribution in [-0.4, -0.2) is 19.2 Å².